The Morgan fingerprint density at radius 1 is 1.12 bits per heavy atom. The van der Waals surface area contributed by atoms with E-state index in [9.17, 15) is 9.59 Å². The van der Waals surface area contributed by atoms with Gasteiger partial charge in [0.05, 0.1) is 17.1 Å². The van der Waals surface area contributed by atoms with Crippen LogP contribution in [0.25, 0.3) is 0 Å². The van der Waals surface area contributed by atoms with Crippen LogP contribution in [0.15, 0.2) is 35.7 Å². The van der Waals surface area contributed by atoms with Crippen LogP contribution in [0, 0.1) is 0 Å². The Balaban J connectivity index is 1.49. The summed E-state index contributed by atoms with van der Waals surface area (Å²) in [5.41, 5.74) is 2.16. The predicted octanol–water partition coefficient (Wildman–Crippen LogP) is 1.77. The van der Waals surface area contributed by atoms with E-state index in [2.05, 4.69) is 17.1 Å². The lowest BCUT2D eigenvalue weighted by atomic mass is 10.1. The molecule has 1 fully saturated rings. The van der Waals surface area contributed by atoms with Crippen LogP contribution in [-0.4, -0.2) is 53.3 Å². The largest absolute Gasteiger partial charge is 0.342 e. The van der Waals surface area contributed by atoms with Crippen LogP contribution < -0.4 is 0 Å². The second-order valence-electron chi connectivity index (χ2n) is 5.92. The van der Waals surface area contributed by atoms with Gasteiger partial charge in [0.2, 0.25) is 12.3 Å². The smallest absolute Gasteiger partial charge is 0.228 e. The molecule has 0 atom stereocenters. The normalized spacial score (nSPS) is 14.7. The van der Waals surface area contributed by atoms with Crippen molar-refractivity contribution in [1.29, 1.82) is 0 Å². The number of aryl methyl sites for hydroxylation is 2. The van der Waals surface area contributed by atoms with E-state index >= 15 is 0 Å². The lowest BCUT2D eigenvalue weighted by Crippen LogP contribution is -2.48. The van der Waals surface area contributed by atoms with Crippen molar-refractivity contribution in [3.63, 3.8) is 0 Å². The average Bonchev–Trinajstić information content (AvgIpc) is 3.08. The second kappa shape index (κ2) is 8.06. The summed E-state index contributed by atoms with van der Waals surface area (Å²) in [6.07, 6.45) is 3.07. The summed E-state index contributed by atoms with van der Waals surface area (Å²) in [5.74, 6) is 0.0976. The number of hydrogen-bond donors (Lipinski definition) is 0. The number of hydrogen-bond acceptors (Lipinski definition) is 4. The maximum absolute atomic E-state index is 12.3. The first-order valence-electron chi connectivity index (χ1n) is 8.19. The minimum absolute atomic E-state index is 0.0976. The Kier molecular flexibility index (Phi) is 5.59. The van der Waals surface area contributed by atoms with E-state index in [1.807, 2.05) is 28.5 Å². The number of carbonyl (C=O) groups is 2. The lowest BCUT2D eigenvalue weighted by Gasteiger charge is -2.32. The first-order valence-corrected chi connectivity index (χ1v) is 9.07. The third-order valence-corrected chi connectivity index (χ3v) is 5.18. The van der Waals surface area contributed by atoms with Gasteiger partial charge in [-0.1, -0.05) is 30.3 Å². The van der Waals surface area contributed by atoms with Gasteiger partial charge in [0.15, 0.2) is 0 Å². The SMILES string of the molecule is O=CN1CCN(C(=O)Cc2csc(CCc3ccccc3)n2)CC1. The highest BCUT2D eigenvalue weighted by atomic mass is 32.1. The third kappa shape index (κ3) is 4.41. The summed E-state index contributed by atoms with van der Waals surface area (Å²) in [6.45, 7) is 2.47. The predicted molar refractivity (Wildman–Crippen MR) is 93.9 cm³/mol. The van der Waals surface area contributed by atoms with Gasteiger partial charge in [-0.3, -0.25) is 9.59 Å². The van der Waals surface area contributed by atoms with Crippen molar-refractivity contribution in [3.8, 4) is 0 Å². The van der Waals surface area contributed by atoms with Crippen molar-refractivity contribution in [1.82, 2.24) is 14.8 Å². The topological polar surface area (TPSA) is 53.5 Å². The molecule has 0 radical (unpaired) electrons. The molecule has 0 saturated carbocycles. The summed E-state index contributed by atoms with van der Waals surface area (Å²) in [7, 11) is 0. The summed E-state index contributed by atoms with van der Waals surface area (Å²) in [5, 5.41) is 3.06. The molecule has 3 rings (SSSR count). The zero-order valence-corrected chi connectivity index (χ0v) is 14.4. The fourth-order valence-electron chi connectivity index (χ4n) is 2.78. The first-order chi connectivity index (χ1) is 11.7. The summed E-state index contributed by atoms with van der Waals surface area (Å²) >= 11 is 1.63. The van der Waals surface area contributed by atoms with Crippen molar-refractivity contribution in [2.45, 2.75) is 19.3 Å². The van der Waals surface area contributed by atoms with Gasteiger partial charge in [0.1, 0.15) is 0 Å². The highest BCUT2D eigenvalue weighted by Crippen LogP contribution is 2.14. The molecule has 1 aliphatic heterocycles. The van der Waals surface area contributed by atoms with E-state index in [0.717, 1.165) is 30.0 Å². The highest BCUT2D eigenvalue weighted by molar-refractivity contribution is 7.09. The molecular weight excluding hydrogens is 322 g/mol. The minimum atomic E-state index is 0.0976. The van der Waals surface area contributed by atoms with Gasteiger partial charge in [-0.05, 0) is 12.0 Å². The Morgan fingerprint density at radius 3 is 2.58 bits per heavy atom. The standard InChI is InChI=1S/C18H21N3O2S/c22-14-20-8-10-21(11-9-20)18(23)12-16-13-24-17(19-16)7-6-15-4-2-1-3-5-15/h1-5,13-14H,6-12H2. The molecule has 0 N–H and O–H groups in total. The van der Waals surface area contributed by atoms with Crippen molar-refractivity contribution in [3.05, 3.63) is 52.0 Å². The number of thiazole rings is 1. The quantitative estimate of drug-likeness (QED) is 0.751. The number of aromatic nitrogens is 1. The van der Waals surface area contributed by atoms with E-state index < -0.39 is 0 Å². The number of nitrogens with zero attached hydrogens (tertiary/aromatic N) is 3. The van der Waals surface area contributed by atoms with Gasteiger partial charge < -0.3 is 9.80 Å². The maximum Gasteiger partial charge on any atom is 0.228 e. The molecule has 1 saturated heterocycles. The molecule has 6 heteroatoms. The molecule has 24 heavy (non-hydrogen) atoms. The van der Waals surface area contributed by atoms with Crippen LogP contribution in [0.4, 0.5) is 0 Å². The lowest BCUT2D eigenvalue weighted by molar-refractivity contribution is -0.134. The van der Waals surface area contributed by atoms with Crippen molar-refractivity contribution >= 4 is 23.7 Å². The molecule has 0 aliphatic carbocycles. The van der Waals surface area contributed by atoms with Crippen LogP contribution in [0.3, 0.4) is 0 Å². The Hall–Kier alpha value is -2.21. The number of benzene rings is 1. The van der Waals surface area contributed by atoms with Gasteiger partial charge in [-0.2, -0.15) is 0 Å². The van der Waals surface area contributed by atoms with Crippen LogP contribution in [0.1, 0.15) is 16.3 Å². The van der Waals surface area contributed by atoms with Crippen LogP contribution >= 0.6 is 11.3 Å². The van der Waals surface area contributed by atoms with Gasteiger partial charge in [0.25, 0.3) is 0 Å². The van der Waals surface area contributed by atoms with E-state index in [-0.39, 0.29) is 5.91 Å². The van der Waals surface area contributed by atoms with Gasteiger partial charge >= 0.3 is 0 Å². The number of amides is 2. The van der Waals surface area contributed by atoms with Gasteiger partial charge in [-0.15, -0.1) is 11.3 Å². The van der Waals surface area contributed by atoms with Gasteiger partial charge in [-0.25, -0.2) is 4.98 Å². The molecule has 1 aliphatic rings. The van der Waals surface area contributed by atoms with Crippen molar-refractivity contribution < 1.29 is 9.59 Å². The summed E-state index contributed by atoms with van der Waals surface area (Å²) < 4.78 is 0. The first kappa shape index (κ1) is 16.6. The Bertz CT molecular complexity index is 679. The second-order valence-corrected chi connectivity index (χ2v) is 6.86. The van der Waals surface area contributed by atoms with Crippen LogP contribution in [-0.2, 0) is 28.9 Å². The Morgan fingerprint density at radius 2 is 1.88 bits per heavy atom. The number of carbonyl (C=O) groups excluding carboxylic acids is 2. The molecule has 126 valence electrons. The van der Waals surface area contributed by atoms with Crippen LogP contribution in [0.2, 0.25) is 0 Å². The molecule has 2 heterocycles. The number of rotatable bonds is 6. The van der Waals surface area contributed by atoms with E-state index in [0.29, 0.717) is 32.6 Å². The highest BCUT2D eigenvalue weighted by Gasteiger charge is 2.20. The molecule has 0 bridgehead atoms. The van der Waals surface area contributed by atoms with Gasteiger partial charge in [0, 0.05) is 38.0 Å². The minimum Gasteiger partial charge on any atom is -0.342 e. The number of piperazine rings is 1. The van der Waals surface area contributed by atoms with Crippen LogP contribution in [0.5, 0.6) is 0 Å². The van der Waals surface area contributed by atoms with E-state index in [1.54, 1.807) is 16.2 Å². The van der Waals surface area contributed by atoms with Crippen molar-refractivity contribution in [2.24, 2.45) is 0 Å². The molecule has 5 nitrogen and oxygen atoms in total. The zero-order valence-electron chi connectivity index (χ0n) is 13.6. The third-order valence-electron chi connectivity index (χ3n) is 4.22. The average molecular weight is 343 g/mol. The molecule has 1 aromatic heterocycles. The molecule has 0 unspecified atom stereocenters. The molecule has 2 amide bonds. The monoisotopic (exact) mass is 343 g/mol. The molecular formula is C18H21N3O2S. The molecule has 0 spiro atoms. The Labute approximate surface area is 145 Å². The van der Waals surface area contributed by atoms with E-state index in [1.165, 1.54) is 5.56 Å². The maximum atomic E-state index is 12.3. The molecule has 2 aromatic rings. The fourth-order valence-corrected chi connectivity index (χ4v) is 3.58. The molecule has 1 aromatic carbocycles. The van der Waals surface area contributed by atoms with Crippen molar-refractivity contribution in [2.75, 3.05) is 26.2 Å². The summed E-state index contributed by atoms with van der Waals surface area (Å²) in [6, 6.07) is 10.4. The summed E-state index contributed by atoms with van der Waals surface area (Å²) in [4.78, 5) is 31.2. The fraction of sp³-hybridized carbons (Fsp3) is 0.389. The van der Waals surface area contributed by atoms with E-state index in [4.69, 9.17) is 0 Å². The zero-order chi connectivity index (χ0) is 16.8.